The molecule has 11 heteroatoms. The van der Waals surface area contributed by atoms with Crippen LogP contribution in [0.4, 0.5) is 5.69 Å². The Labute approximate surface area is 239 Å². The number of nitrogens with zero attached hydrogens (tertiary/aromatic N) is 4. The first-order valence-electron chi connectivity index (χ1n) is 13.8. The molecule has 4 heterocycles. The summed E-state index contributed by atoms with van der Waals surface area (Å²) in [5.41, 5.74) is 3.62. The number of imide groups is 1. The van der Waals surface area contributed by atoms with Gasteiger partial charge in [-0.1, -0.05) is 54.1 Å². The van der Waals surface area contributed by atoms with E-state index < -0.39 is 46.5 Å². The number of nitrogens with one attached hydrogen (secondary N) is 1. The quantitative estimate of drug-likeness (QED) is 0.280. The molecular weight excluding hydrogens is 538 g/mol. The maximum absolute atomic E-state index is 14.8. The minimum absolute atomic E-state index is 0.116. The Kier molecular flexibility index (Phi) is 5.77. The Balaban J connectivity index is 1.48. The average molecular weight is 568 g/mol. The Hall–Kier alpha value is -4.90. The van der Waals surface area contributed by atoms with Crippen LogP contribution in [0.1, 0.15) is 41.0 Å². The Morgan fingerprint density at radius 1 is 0.976 bits per heavy atom. The second kappa shape index (κ2) is 9.31. The third-order valence-corrected chi connectivity index (χ3v) is 8.97. The number of rotatable bonds is 5. The summed E-state index contributed by atoms with van der Waals surface area (Å²) >= 11 is 0. The molecule has 4 unspecified atom stereocenters. The second-order valence-corrected chi connectivity index (χ2v) is 11.1. The molecule has 1 saturated carbocycles. The Bertz CT molecular complexity index is 1880. The monoisotopic (exact) mass is 567 g/mol. The number of aromatic nitrogens is 3. The smallest absolute Gasteiger partial charge is 0.347 e. The molecule has 2 aromatic heterocycles. The fraction of sp³-hybridized carbons (Fsp3) is 0.290. The molecule has 7 rings (SSSR count). The number of carbonyl (C=O) groups is 2. The highest BCUT2D eigenvalue weighted by molar-refractivity contribution is 6.12. The van der Waals surface area contributed by atoms with E-state index in [9.17, 15) is 24.3 Å². The van der Waals surface area contributed by atoms with Gasteiger partial charge in [-0.25, -0.2) is 23.5 Å². The van der Waals surface area contributed by atoms with Crippen LogP contribution in [0, 0.1) is 12.8 Å². The molecule has 2 aliphatic heterocycles. The van der Waals surface area contributed by atoms with Crippen LogP contribution in [0.3, 0.4) is 0 Å². The predicted molar refractivity (Wildman–Crippen MR) is 151 cm³/mol. The molecule has 0 radical (unpaired) electrons. The van der Waals surface area contributed by atoms with Crippen LogP contribution in [0.5, 0.6) is 0 Å². The highest BCUT2D eigenvalue weighted by Gasteiger charge is 2.69. The SMILES string of the molecule is Cc1ccc(NN2C(=O)C3CC4C(=CCn5c(=O)n(C)c(=O)n54)C(c4ccc(CO)o4)C3(c3ccccc3)C2=O)cc1. The van der Waals surface area contributed by atoms with Crippen LogP contribution >= 0.6 is 0 Å². The van der Waals surface area contributed by atoms with Crippen molar-refractivity contribution in [2.24, 2.45) is 13.0 Å². The van der Waals surface area contributed by atoms with Crippen LogP contribution in [-0.2, 0) is 35.2 Å². The van der Waals surface area contributed by atoms with E-state index in [2.05, 4.69) is 5.43 Å². The van der Waals surface area contributed by atoms with Crippen molar-refractivity contribution in [3.05, 3.63) is 122 Å². The van der Waals surface area contributed by atoms with Crippen LogP contribution < -0.4 is 16.8 Å². The fourth-order valence-corrected chi connectivity index (χ4v) is 7.06. The standard InChI is InChI=1S/C31H29N5O6/c1-18-8-10-20(11-9-18)32-35-27(38)23-16-24-22(14-15-34-29(40)33(2)30(41)36(24)34)26(25-13-12-21(17-37)42-25)31(23,28(35)39)19-6-4-3-5-7-19/h3-14,23-24,26,32,37H,15-17H2,1-2H3. The van der Waals surface area contributed by atoms with Gasteiger partial charge in [0, 0.05) is 7.05 Å². The van der Waals surface area contributed by atoms with Crippen molar-refractivity contribution >= 4 is 17.5 Å². The van der Waals surface area contributed by atoms with Crippen LogP contribution in [0.25, 0.3) is 0 Å². The van der Waals surface area contributed by atoms with Crippen molar-refractivity contribution in [1.29, 1.82) is 0 Å². The van der Waals surface area contributed by atoms with Gasteiger partial charge in [-0.3, -0.25) is 15.0 Å². The fourth-order valence-electron chi connectivity index (χ4n) is 7.06. The zero-order chi connectivity index (χ0) is 29.3. The van der Waals surface area contributed by atoms with Crippen molar-refractivity contribution < 1.29 is 19.1 Å². The number of amides is 2. The molecule has 3 aliphatic rings. The van der Waals surface area contributed by atoms with Gasteiger partial charge in [0.2, 0.25) is 0 Å². The summed E-state index contributed by atoms with van der Waals surface area (Å²) in [5.74, 6) is -1.90. The summed E-state index contributed by atoms with van der Waals surface area (Å²) in [5, 5.41) is 10.9. The number of fused-ring (bicyclic) bond motifs is 4. The lowest BCUT2D eigenvalue weighted by atomic mass is 9.54. The molecule has 214 valence electrons. The number of aryl methyl sites for hydroxylation is 1. The number of hydrogen-bond acceptors (Lipinski definition) is 7. The Morgan fingerprint density at radius 3 is 2.40 bits per heavy atom. The maximum atomic E-state index is 14.8. The molecule has 1 aliphatic carbocycles. The minimum atomic E-state index is -1.43. The number of hydrogen-bond donors (Lipinski definition) is 2. The third kappa shape index (κ3) is 3.43. The van der Waals surface area contributed by atoms with Crippen molar-refractivity contribution in [2.45, 2.75) is 43.9 Å². The van der Waals surface area contributed by atoms with Gasteiger partial charge in [-0.15, -0.1) is 0 Å². The molecule has 2 fully saturated rings. The number of hydrazine groups is 1. The lowest BCUT2D eigenvalue weighted by Gasteiger charge is -2.47. The zero-order valence-corrected chi connectivity index (χ0v) is 23.1. The molecular formula is C31H29N5O6. The van der Waals surface area contributed by atoms with Crippen molar-refractivity contribution in [3.8, 4) is 0 Å². The summed E-state index contributed by atoms with van der Waals surface area (Å²) in [6, 6.07) is 19.2. The minimum Gasteiger partial charge on any atom is -0.463 e. The number of benzene rings is 2. The molecule has 4 atom stereocenters. The Morgan fingerprint density at radius 2 is 1.71 bits per heavy atom. The van der Waals surface area contributed by atoms with Crippen molar-refractivity contribution in [1.82, 2.24) is 18.9 Å². The molecule has 0 bridgehead atoms. The van der Waals surface area contributed by atoms with Gasteiger partial charge in [0.1, 0.15) is 23.5 Å². The highest BCUT2D eigenvalue weighted by atomic mass is 16.4. The summed E-state index contributed by atoms with van der Waals surface area (Å²) in [4.78, 5) is 55.5. The van der Waals surface area contributed by atoms with Gasteiger partial charge in [-0.2, -0.15) is 5.01 Å². The molecule has 2 aromatic carbocycles. The van der Waals surface area contributed by atoms with E-state index in [0.29, 0.717) is 28.3 Å². The van der Waals surface area contributed by atoms with Gasteiger partial charge in [0.15, 0.2) is 0 Å². The van der Waals surface area contributed by atoms with E-state index in [4.69, 9.17) is 4.42 Å². The predicted octanol–water partition coefficient (Wildman–Crippen LogP) is 2.36. The second-order valence-electron chi connectivity index (χ2n) is 11.1. The normalized spacial score (nSPS) is 24.7. The van der Waals surface area contributed by atoms with Gasteiger partial charge in [0.25, 0.3) is 11.8 Å². The molecule has 0 spiro atoms. The topological polar surface area (TPSA) is 132 Å². The van der Waals surface area contributed by atoms with E-state index >= 15 is 0 Å². The molecule has 1 saturated heterocycles. The van der Waals surface area contributed by atoms with E-state index in [1.807, 2.05) is 55.5 Å². The van der Waals surface area contributed by atoms with Crippen LogP contribution in [0.2, 0.25) is 0 Å². The summed E-state index contributed by atoms with van der Waals surface area (Å²) in [6.45, 7) is 1.72. The first-order valence-corrected chi connectivity index (χ1v) is 13.8. The summed E-state index contributed by atoms with van der Waals surface area (Å²) in [6.07, 6.45) is 1.98. The maximum Gasteiger partial charge on any atom is 0.347 e. The highest BCUT2D eigenvalue weighted by Crippen LogP contribution is 2.61. The van der Waals surface area contributed by atoms with Crippen molar-refractivity contribution in [2.75, 3.05) is 5.43 Å². The molecule has 11 nitrogen and oxygen atoms in total. The number of allylic oxidation sites excluding steroid dienone is 2. The van der Waals surface area contributed by atoms with Gasteiger partial charge in [-0.05, 0) is 48.7 Å². The average Bonchev–Trinajstić information content (AvgIpc) is 3.64. The van der Waals surface area contributed by atoms with E-state index in [-0.39, 0.29) is 19.6 Å². The van der Waals surface area contributed by atoms with E-state index in [1.165, 1.54) is 16.4 Å². The first-order chi connectivity index (χ1) is 20.3. The number of furan rings is 1. The van der Waals surface area contributed by atoms with E-state index in [0.717, 1.165) is 15.1 Å². The van der Waals surface area contributed by atoms with Crippen molar-refractivity contribution in [3.63, 3.8) is 0 Å². The van der Waals surface area contributed by atoms with Gasteiger partial charge in [0.05, 0.1) is 30.1 Å². The van der Waals surface area contributed by atoms with Crippen LogP contribution in [0.15, 0.2) is 92.4 Å². The molecule has 2 N–H and O–H groups in total. The lowest BCUT2D eigenvalue weighted by Crippen LogP contribution is -2.53. The molecule has 2 amide bonds. The number of aliphatic hydroxyl groups is 1. The third-order valence-electron chi connectivity index (χ3n) is 8.97. The number of aliphatic hydroxyl groups excluding tert-OH is 1. The summed E-state index contributed by atoms with van der Waals surface area (Å²) < 4.78 is 9.94. The lowest BCUT2D eigenvalue weighted by molar-refractivity contribution is -0.138. The number of carbonyl (C=O) groups excluding carboxylic acids is 2. The molecule has 42 heavy (non-hydrogen) atoms. The van der Waals surface area contributed by atoms with E-state index in [1.54, 1.807) is 24.3 Å². The first kappa shape index (κ1) is 26.0. The van der Waals surface area contributed by atoms with Gasteiger partial charge < -0.3 is 9.52 Å². The van der Waals surface area contributed by atoms with Crippen LogP contribution in [-0.4, -0.2) is 35.9 Å². The summed E-state index contributed by atoms with van der Waals surface area (Å²) in [7, 11) is 1.43. The van der Waals surface area contributed by atoms with Gasteiger partial charge >= 0.3 is 11.4 Å². The molecule has 4 aromatic rings. The largest absolute Gasteiger partial charge is 0.463 e. The number of anilines is 1. The zero-order valence-electron chi connectivity index (χ0n) is 23.1.